The van der Waals surface area contributed by atoms with Crippen molar-refractivity contribution in [3.05, 3.63) is 12.3 Å². The van der Waals surface area contributed by atoms with E-state index in [2.05, 4.69) is 16.4 Å². The summed E-state index contributed by atoms with van der Waals surface area (Å²) >= 11 is 1.39. The van der Waals surface area contributed by atoms with Crippen LogP contribution < -0.4 is 5.32 Å². The van der Waals surface area contributed by atoms with E-state index in [1.807, 2.05) is 11.3 Å². The first kappa shape index (κ1) is 8.77. The second-order valence-electron chi connectivity index (χ2n) is 1.30. The van der Waals surface area contributed by atoms with Gasteiger partial charge in [-0.25, -0.2) is 0 Å². The van der Waals surface area contributed by atoms with Crippen molar-refractivity contribution in [2.24, 2.45) is 4.99 Å². The summed E-state index contributed by atoms with van der Waals surface area (Å²) in [5, 5.41) is 2.95. The summed E-state index contributed by atoms with van der Waals surface area (Å²) in [6.07, 6.45) is 4.58. The topological polar surface area (TPSA) is 24.4 Å². The minimum absolute atomic E-state index is 0.902. The zero-order valence-electron chi connectivity index (χ0n) is 5.51. The molecule has 0 rings (SSSR count). The van der Waals surface area contributed by atoms with Crippen molar-refractivity contribution >= 4 is 10.2 Å². The SMILES string of the molecule is C[C-]=CNC([CH]=[W])=NC. The van der Waals surface area contributed by atoms with Crippen LogP contribution in [0.4, 0.5) is 0 Å². The Bertz CT molecular complexity index is 138. The Morgan fingerprint density at radius 1 is 1.78 bits per heavy atom. The molecular weight excluding hydrogens is 284 g/mol. The Morgan fingerprint density at radius 2 is 2.44 bits per heavy atom. The van der Waals surface area contributed by atoms with Crippen LogP contribution in [0.2, 0.25) is 0 Å². The summed E-state index contributed by atoms with van der Waals surface area (Å²) in [4.78, 5) is 3.94. The molecule has 0 aromatic carbocycles. The van der Waals surface area contributed by atoms with E-state index in [4.69, 9.17) is 0 Å². The predicted molar refractivity (Wildman–Crippen MR) is 36.0 cm³/mol. The molecule has 0 atom stereocenters. The second-order valence-corrected chi connectivity index (χ2v) is 2.15. The molecule has 0 radical (unpaired) electrons. The van der Waals surface area contributed by atoms with Crippen LogP contribution in [0.1, 0.15) is 6.92 Å². The van der Waals surface area contributed by atoms with Gasteiger partial charge in [0.1, 0.15) is 0 Å². The molecule has 0 unspecified atom stereocenters. The van der Waals surface area contributed by atoms with E-state index >= 15 is 0 Å². The molecule has 0 aromatic heterocycles. The first-order valence-electron chi connectivity index (χ1n) is 2.52. The number of aliphatic imine (C=N–C) groups is 1. The molecule has 0 aliphatic heterocycles. The van der Waals surface area contributed by atoms with Gasteiger partial charge in [0.05, 0.1) is 0 Å². The second kappa shape index (κ2) is 5.90. The van der Waals surface area contributed by atoms with E-state index in [0.717, 1.165) is 5.84 Å². The molecule has 0 saturated heterocycles. The number of nitrogens with one attached hydrogen (secondary N) is 1. The first-order chi connectivity index (χ1) is 4.35. The van der Waals surface area contributed by atoms with Crippen LogP contribution in [0, 0.1) is 6.08 Å². The van der Waals surface area contributed by atoms with Crippen molar-refractivity contribution in [1.29, 1.82) is 0 Å². The van der Waals surface area contributed by atoms with Crippen LogP contribution in [0.3, 0.4) is 0 Å². The van der Waals surface area contributed by atoms with E-state index in [0.29, 0.717) is 0 Å². The molecule has 0 amide bonds. The molecule has 1 N–H and O–H groups in total. The van der Waals surface area contributed by atoms with Gasteiger partial charge in [-0.15, -0.1) is 0 Å². The van der Waals surface area contributed by atoms with Crippen molar-refractivity contribution in [3.8, 4) is 0 Å². The molecule has 2 nitrogen and oxygen atoms in total. The van der Waals surface area contributed by atoms with Gasteiger partial charge in [-0.3, -0.25) is 0 Å². The molecule has 50 valence electrons. The summed E-state index contributed by atoms with van der Waals surface area (Å²) in [5.41, 5.74) is 0. The van der Waals surface area contributed by atoms with E-state index in [9.17, 15) is 0 Å². The van der Waals surface area contributed by atoms with Gasteiger partial charge in [0.2, 0.25) is 0 Å². The summed E-state index contributed by atoms with van der Waals surface area (Å²) in [5.74, 6) is 0.902. The Balaban J connectivity index is 3.71. The van der Waals surface area contributed by atoms with Crippen molar-refractivity contribution in [1.82, 2.24) is 5.32 Å². The number of hydrogen-bond donors (Lipinski definition) is 1. The molecule has 0 fully saturated rings. The van der Waals surface area contributed by atoms with Gasteiger partial charge in [-0.05, 0) is 0 Å². The average Bonchev–Trinajstić information content (AvgIpc) is 1.91. The van der Waals surface area contributed by atoms with Crippen molar-refractivity contribution in [2.75, 3.05) is 7.05 Å². The van der Waals surface area contributed by atoms with Crippen LogP contribution in [0.15, 0.2) is 11.2 Å². The minimum atomic E-state index is 0.902. The van der Waals surface area contributed by atoms with Crippen LogP contribution in [-0.4, -0.2) is 17.3 Å². The number of allylic oxidation sites excluding steroid dienone is 1. The van der Waals surface area contributed by atoms with Gasteiger partial charge in [0.25, 0.3) is 0 Å². The number of rotatable bonds is 2. The molecule has 0 heterocycles. The molecule has 0 aliphatic rings. The van der Waals surface area contributed by atoms with Crippen molar-refractivity contribution in [3.63, 3.8) is 0 Å². The standard InChI is InChI=1S/C6H9N2.W/c1-4-5-8-6(2)7-3;/h2,5H,1,3H3,(H,7,8);/q-1;. The summed E-state index contributed by atoms with van der Waals surface area (Å²) < 4.78 is 1.98. The molecule has 0 saturated carbocycles. The normalized spacial score (nSPS) is 12.0. The quantitative estimate of drug-likeness (QED) is 0.442. The fourth-order valence-electron chi connectivity index (χ4n) is 0.297. The Kier molecular flexibility index (Phi) is 5.75. The molecular formula is C6H9N2W-. The molecule has 0 spiro atoms. The van der Waals surface area contributed by atoms with Gasteiger partial charge < -0.3 is 0 Å². The summed E-state index contributed by atoms with van der Waals surface area (Å²) in [7, 11) is 1.76. The van der Waals surface area contributed by atoms with Crippen LogP contribution in [-0.2, 0) is 19.4 Å². The van der Waals surface area contributed by atoms with Crippen LogP contribution in [0.25, 0.3) is 0 Å². The zero-order valence-corrected chi connectivity index (χ0v) is 8.44. The fourth-order valence-corrected chi connectivity index (χ4v) is 0.921. The van der Waals surface area contributed by atoms with Crippen molar-refractivity contribution in [2.45, 2.75) is 6.92 Å². The van der Waals surface area contributed by atoms with E-state index < -0.39 is 0 Å². The monoisotopic (exact) mass is 293 g/mol. The Hall–Kier alpha value is -0.232. The molecule has 0 bridgehead atoms. The Morgan fingerprint density at radius 3 is 2.78 bits per heavy atom. The van der Waals surface area contributed by atoms with Gasteiger partial charge >= 0.3 is 66.1 Å². The van der Waals surface area contributed by atoms with Gasteiger partial charge in [0.15, 0.2) is 0 Å². The average molecular weight is 293 g/mol. The van der Waals surface area contributed by atoms with E-state index in [-0.39, 0.29) is 0 Å². The van der Waals surface area contributed by atoms with Crippen molar-refractivity contribution < 1.29 is 19.4 Å². The van der Waals surface area contributed by atoms with Gasteiger partial charge in [-0.2, -0.15) is 0 Å². The molecule has 0 aromatic rings. The molecule has 3 heteroatoms. The van der Waals surface area contributed by atoms with Gasteiger partial charge in [0, 0.05) is 0 Å². The van der Waals surface area contributed by atoms with Crippen LogP contribution >= 0.6 is 0 Å². The van der Waals surface area contributed by atoms with Crippen LogP contribution in [0.5, 0.6) is 0 Å². The van der Waals surface area contributed by atoms with E-state index in [1.54, 1.807) is 13.2 Å². The summed E-state index contributed by atoms with van der Waals surface area (Å²) in [6, 6.07) is 0. The fraction of sp³-hybridized carbons (Fsp3) is 0.333. The molecule has 9 heavy (non-hydrogen) atoms. The maximum absolute atomic E-state index is 3.94. The zero-order chi connectivity index (χ0) is 7.11. The third kappa shape index (κ3) is 4.28. The maximum atomic E-state index is 3.94. The Labute approximate surface area is 66.5 Å². The number of amidine groups is 1. The van der Waals surface area contributed by atoms with Gasteiger partial charge in [-0.1, -0.05) is 0 Å². The van der Waals surface area contributed by atoms with E-state index in [1.165, 1.54) is 19.4 Å². The predicted octanol–water partition coefficient (Wildman–Crippen LogP) is 0.290. The summed E-state index contributed by atoms with van der Waals surface area (Å²) in [6.45, 7) is 1.84. The third-order valence-corrected chi connectivity index (χ3v) is 1.52. The molecule has 0 aliphatic carbocycles. The number of nitrogens with zero attached hydrogens (tertiary/aromatic N) is 1. The first-order valence-corrected chi connectivity index (χ1v) is 4.22. The number of hydrogen-bond acceptors (Lipinski definition) is 1. The third-order valence-electron chi connectivity index (χ3n) is 0.717.